The Balaban J connectivity index is 4.56. The molecule has 5 nitrogen and oxygen atoms in total. The van der Waals surface area contributed by atoms with Crippen molar-refractivity contribution in [2.45, 2.75) is 12.8 Å². The third kappa shape index (κ3) is 8.45. The molecule has 120 valence electrons. The summed E-state index contributed by atoms with van der Waals surface area (Å²) in [5, 5.41) is 9.56. The van der Waals surface area contributed by atoms with Crippen LogP contribution in [0.15, 0.2) is 38.0 Å². The molecule has 0 saturated heterocycles. The second-order valence-electron chi connectivity index (χ2n) is 4.66. The molecule has 0 unspecified atom stereocenters. The van der Waals surface area contributed by atoms with Crippen LogP contribution in [0.5, 0.6) is 0 Å². The maximum atomic E-state index is 11.7. The number of ether oxygens (including phenoxy) is 3. The number of hydrogen-bond donors (Lipinski definition) is 1. The van der Waals surface area contributed by atoms with Crippen molar-refractivity contribution in [1.29, 1.82) is 0 Å². The Morgan fingerprint density at radius 3 is 1.86 bits per heavy atom. The summed E-state index contributed by atoms with van der Waals surface area (Å²) in [7, 11) is 0. The molecule has 0 rings (SSSR count). The van der Waals surface area contributed by atoms with Crippen molar-refractivity contribution in [3.63, 3.8) is 0 Å². The van der Waals surface area contributed by atoms with Crippen LogP contribution in [0, 0.1) is 5.41 Å². The predicted octanol–water partition coefficient (Wildman–Crippen LogP) is 2.45. The van der Waals surface area contributed by atoms with Gasteiger partial charge in [0.25, 0.3) is 0 Å². The molecule has 0 heterocycles. The first-order valence-electron chi connectivity index (χ1n) is 6.92. The fraction of sp³-hybridized carbons (Fsp3) is 0.562. The van der Waals surface area contributed by atoms with E-state index < -0.39 is 11.4 Å². The van der Waals surface area contributed by atoms with Gasteiger partial charge in [0.15, 0.2) is 0 Å². The zero-order chi connectivity index (χ0) is 16.0. The van der Waals surface area contributed by atoms with E-state index in [1.165, 1.54) is 0 Å². The van der Waals surface area contributed by atoms with Crippen LogP contribution in [0.4, 0.5) is 0 Å². The lowest BCUT2D eigenvalue weighted by Crippen LogP contribution is -2.41. The van der Waals surface area contributed by atoms with Gasteiger partial charge in [-0.3, -0.25) is 4.79 Å². The van der Waals surface area contributed by atoms with Gasteiger partial charge in [-0.25, -0.2) is 0 Å². The van der Waals surface area contributed by atoms with Gasteiger partial charge in [-0.2, -0.15) is 0 Å². The van der Waals surface area contributed by atoms with E-state index in [1.54, 1.807) is 18.2 Å². The Morgan fingerprint density at radius 1 is 0.952 bits per heavy atom. The van der Waals surface area contributed by atoms with Gasteiger partial charge >= 0.3 is 5.97 Å². The van der Waals surface area contributed by atoms with Gasteiger partial charge in [-0.05, 0) is 12.8 Å². The maximum Gasteiger partial charge on any atom is 0.314 e. The van der Waals surface area contributed by atoms with Crippen LogP contribution in [0.25, 0.3) is 0 Å². The SMILES string of the molecule is C=CCOCCCC(COCC=C)(COCC=C)C(=O)O. The molecule has 0 aromatic heterocycles. The Morgan fingerprint density at radius 2 is 1.43 bits per heavy atom. The van der Waals surface area contributed by atoms with Crippen molar-refractivity contribution >= 4 is 5.97 Å². The van der Waals surface area contributed by atoms with Gasteiger partial charge in [-0.1, -0.05) is 18.2 Å². The fourth-order valence-electron chi connectivity index (χ4n) is 1.77. The highest BCUT2D eigenvalue weighted by Gasteiger charge is 2.38. The Hall–Kier alpha value is -1.43. The number of rotatable bonds is 15. The summed E-state index contributed by atoms with van der Waals surface area (Å²) >= 11 is 0. The molecule has 0 fully saturated rings. The van der Waals surface area contributed by atoms with E-state index >= 15 is 0 Å². The third-order valence-electron chi connectivity index (χ3n) is 2.86. The van der Waals surface area contributed by atoms with Gasteiger partial charge < -0.3 is 19.3 Å². The highest BCUT2D eigenvalue weighted by molar-refractivity contribution is 5.75. The normalized spacial score (nSPS) is 11.0. The number of carbonyl (C=O) groups is 1. The summed E-state index contributed by atoms with van der Waals surface area (Å²) in [5.41, 5.74) is -1.08. The van der Waals surface area contributed by atoms with Crippen LogP contribution in [-0.2, 0) is 19.0 Å². The summed E-state index contributed by atoms with van der Waals surface area (Å²) in [6, 6.07) is 0. The molecule has 0 aliphatic carbocycles. The molecular weight excluding hydrogens is 272 g/mol. The average Bonchev–Trinajstić information content (AvgIpc) is 2.46. The first-order chi connectivity index (χ1) is 10.1. The van der Waals surface area contributed by atoms with Crippen LogP contribution < -0.4 is 0 Å². The van der Waals surface area contributed by atoms with Gasteiger partial charge in [0, 0.05) is 6.61 Å². The largest absolute Gasteiger partial charge is 0.481 e. The second-order valence-corrected chi connectivity index (χ2v) is 4.66. The van der Waals surface area contributed by atoms with Crippen LogP contribution in [0.3, 0.4) is 0 Å². The molecule has 0 atom stereocenters. The maximum absolute atomic E-state index is 11.7. The van der Waals surface area contributed by atoms with Crippen LogP contribution >= 0.6 is 0 Å². The quantitative estimate of drug-likeness (QED) is 0.371. The van der Waals surface area contributed by atoms with E-state index in [4.69, 9.17) is 14.2 Å². The van der Waals surface area contributed by atoms with Crippen molar-refractivity contribution in [1.82, 2.24) is 0 Å². The first-order valence-corrected chi connectivity index (χ1v) is 6.92. The molecule has 0 aromatic carbocycles. The average molecular weight is 298 g/mol. The fourth-order valence-corrected chi connectivity index (χ4v) is 1.77. The first kappa shape index (κ1) is 19.6. The van der Waals surface area contributed by atoms with E-state index in [-0.39, 0.29) is 13.2 Å². The van der Waals surface area contributed by atoms with E-state index in [0.717, 1.165) is 0 Å². The molecule has 0 saturated carbocycles. The topological polar surface area (TPSA) is 65.0 Å². The molecule has 0 bridgehead atoms. The molecule has 1 N–H and O–H groups in total. The summed E-state index contributed by atoms with van der Waals surface area (Å²) < 4.78 is 16.0. The van der Waals surface area contributed by atoms with E-state index in [9.17, 15) is 9.90 Å². The summed E-state index contributed by atoms with van der Waals surface area (Å²) in [5.74, 6) is -0.931. The lowest BCUT2D eigenvalue weighted by Gasteiger charge is -2.28. The minimum atomic E-state index is -1.08. The zero-order valence-corrected chi connectivity index (χ0v) is 12.6. The molecule has 21 heavy (non-hydrogen) atoms. The molecule has 0 aliphatic rings. The minimum absolute atomic E-state index is 0.0763. The smallest absolute Gasteiger partial charge is 0.314 e. The Bertz CT molecular complexity index is 311. The highest BCUT2D eigenvalue weighted by atomic mass is 16.5. The number of carboxylic acid groups (broad SMARTS) is 1. The lowest BCUT2D eigenvalue weighted by atomic mass is 9.85. The van der Waals surface area contributed by atoms with Gasteiger partial charge in [-0.15, -0.1) is 19.7 Å². The Kier molecular flexibility index (Phi) is 11.5. The van der Waals surface area contributed by atoms with Gasteiger partial charge in [0.05, 0.1) is 33.0 Å². The van der Waals surface area contributed by atoms with E-state index in [0.29, 0.717) is 39.3 Å². The monoisotopic (exact) mass is 298 g/mol. The minimum Gasteiger partial charge on any atom is -0.481 e. The van der Waals surface area contributed by atoms with Crippen LogP contribution in [0.2, 0.25) is 0 Å². The molecule has 0 aromatic rings. The number of carboxylic acids is 1. The van der Waals surface area contributed by atoms with Crippen molar-refractivity contribution in [3.8, 4) is 0 Å². The molecular formula is C16H26O5. The van der Waals surface area contributed by atoms with Crippen molar-refractivity contribution < 1.29 is 24.1 Å². The van der Waals surface area contributed by atoms with Gasteiger partial charge in [0.1, 0.15) is 5.41 Å². The van der Waals surface area contributed by atoms with Crippen LogP contribution in [-0.4, -0.2) is 50.7 Å². The molecule has 0 amide bonds. The summed E-state index contributed by atoms with van der Waals surface area (Å²) in [6.45, 7) is 12.4. The van der Waals surface area contributed by atoms with Crippen molar-refractivity contribution in [2.24, 2.45) is 5.41 Å². The highest BCUT2D eigenvalue weighted by Crippen LogP contribution is 2.26. The van der Waals surface area contributed by atoms with Crippen molar-refractivity contribution in [3.05, 3.63) is 38.0 Å². The molecule has 0 spiro atoms. The number of hydrogen-bond acceptors (Lipinski definition) is 4. The van der Waals surface area contributed by atoms with Crippen molar-refractivity contribution in [2.75, 3.05) is 39.6 Å². The Labute approximate surface area is 126 Å². The predicted molar refractivity (Wildman–Crippen MR) is 82.4 cm³/mol. The lowest BCUT2D eigenvalue weighted by molar-refractivity contribution is -0.158. The zero-order valence-electron chi connectivity index (χ0n) is 12.6. The number of aliphatic carboxylic acids is 1. The summed E-state index contributed by atoms with van der Waals surface area (Å²) in [6.07, 6.45) is 5.85. The third-order valence-corrected chi connectivity index (χ3v) is 2.86. The molecule has 0 aliphatic heterocycles. The van der Waals surface area contributed by atoms with Crippen LogP contribution in [0.1, 0.15) is 12.8 Å². The van der Waals surface area contributed by atoms with E-state index in [1.807, 2.05) is 0 Å². The molecule has 5 heteroatoms. The van der Waals surface area contributed by atoms with E-state index in [2.05, 4.69) is 19.7 Å². The standard InChI is InChI=1S/C16H26O5/c1-4-9-19-12-7-8-16(15(17)18,13-20-10-5-2)14-21-11-6-3/h4-6H,1-3,7-14H2,(H,17,18). The summed E-state index contributed by atoms with van der Waals surface area (Å²) in [4.78, 5) is 11.7. The second kappa shape index (κ2) is 12.3. The van der Waals surface area contributed by atoms with Gasteiger partial charge in [0.2, 0.25) is 0 Å². The molecule has 0 radical (unpaired) electrons.